The number of carboxylic acids is 1. The Kier molecular flexibility index (Phi) is 2.19. The van der Waals surface area contributed by atoms with Crippen LogP contribution in [0.2, 0.25) is 0 Å². The Morgan fingerprint density at radius 1 is 1.53 bits per heavy atom. The SMILES string of the molecule is O=C(O)C1(c2cncc(F)c2)CC(O)C1. The third-order valence-corrected chi connectivity index (χ3v) is 2.84. The zero-order chi connectivity index (χ0) is 11.1. The molecule has 1 aliphatic rings. The lowest BCUT2D eigenvalue weighted by Crippen LogP contribution is -2.50. The molecule has 1 aromatic heterocycles. The number of nitrogens with zero attached hydrogens (tertiary/aromatic N) is 1. The van der Waals surface area contributed by atoms with Gasteiger partial charge < -0.3 is 10.2 Å². The van der Waals surface area contributed by atoms with Crippen molar-refractivity contribution in [2.45, 2.75) is 24.4 Å². The molecule has 0 atom stereocenters. The van der Waals surface area contributed by atoms with Gasteiger partial charge in [0.25, 0.3) is 0 Å². The Morgan fingerprint density at radius 3 is 2.67 bits per heavy atom. The highest BCUT2D eigenvalue weighted by Crippen LogP contribution is 2.43. The Labute approximate surface area is 85.4 Å². The maximum Gasteiger partial charge on any atom is 0.314 e. The fourth-order valence-electron chi connectivity index (χ4n) is 1.95. The molecule has 0 saturated heterocycles. The van der Waals surface area contributed by atoms with Crippen LogP contribution in [0, 0.1) is 5.82 Å². The Balaban J connectivity index is 2.39. The molecule has 1 saturated carbocycles. The number of carbonyl (C=O) groups is 1. The first-order chi connectivity index (χ1) is 7.04. The molecule has 1 aliphatic carbocycles. The minimum Gasteiger partial charge on any atom is -0.481 e. The number of hydrogen-bond acceptors (Lipinski definition) is 3. The first-order valence-electron chi connectivity index (χ1n) is 4.57. The second kappa shape index (κ2) is 3.27. The average Bonchev–Trinajstić information content (AvgIpc) is 2.12. The summed E-state index contributed by atoms with van der Waals surface area (Å²) in [6, 6.07) is 1.16. The van der Waals surface area contributed by atoms with E-state index in [1.165, 1.54) is 6.20 Å². The Bertz CT molecular complexity index is 401. The van der Waals surface area contributed by atoms with Crippen LogP contribution in [0.3, 0.4) is 0 Å². The summed E-state index contributed by atoms with van der Waals surface area (Å²) in [7, 11) is 0. The number of aliphatic hydroxyl groups is 1. The molecular formula is C10H10FNO3. The van der Waals surface area contributed by atoms with E-state index in [1.807, 2.05) is 0 Å². The summed E-state index contributed by atoms with van der Waals surface area (Å²) >= 11 is 0. The molecule has 1 heterocycles. The minimum absolute atomic E-state index is 0.119. The molecule has 4 nitrogen and oxygen atoms in total. The fraction of sp³-hybridized carbons (Fsp3) is 0.400. The Hall–Kier alpha value is -1.49. The molecule has 0 aromatic carbocycles. The average molecular weight is 211 g/mol. The summed E-state index contributed by atoms with van der Waals surface area (Å²) in [5, 5.41) is 18.3. The second-order valence-corrected chi connectivity index (χ2v) is 3.84. The van der Waals surface area contributed by atoms with Crippen molar-refractivity contribution in [2.75, 3.05) is 0 Å². The van der Waals surface area contributed by atoms with Gasteiger partial charge in [-0.15, -0.1) is 0 Å². The standard InChI is InChI=1S/C10H10FNO3/c11-7-1-6(4-12-5-7)10(9(14)15)2-8(13)3-10/h1,4-5,8,13H,2-3H2,(H,14,15). The normalized spacial score (nSPS) is 29.6. The fourth-order valence-corrected chi connectivity index (χ4v) is 1.95. The molecule has 1 aromatic rings. The number of hydrogen-bond donors (Lipinski definition) is 2. The van der Waals surface area contributed by atoms with E-state index in [2.05, 4.69) is 4.98 Å². The van der Waals surface area contributed by atoms with Crippen molar-refractivity contribution in [3.63, 3.8) is 0 Å². The van der Waals surface area contributed by atoms with Gasteiger partial charge in [-0.2, -0.15) is 0 Å². The van der Waals surface area contributed by atoms with Crippen molar-refractivity contribution in [1.82, 2.24) is 4.98 Å². The van der Waals surface area contributed by atoms with Gasteiger partial charge in [-0.25, -0.2) is 4.39 Å². The van der Waals surface area contributed by atoms with Crippen LogP contribution in [-0.4, -0.2) is 27.3 Å². The summed E-state index contributed by atoms with van der Waals surface area (Å²) in [5.74, 6) is -1.60. The number of aliphatic carboxylic acids is 1. The van der Waals surface area contributed by atoms with Crippen LogP contribution in [0.15, 0.2) is 18.5 Å². The molecule has 0 unspecified atom stereocenters. The summed E-state index contributed by atoms with van der Waals surface area (Å²) in [5.41, 5.74) is -0.838. The molecule has 0 bridgehead atoms. The van der Waals surface area contributed by atoms with Gasteiger partial charge in [0.05, 0.1) is 17.7 Å². The largest absolute Gasteiger partial charge is 0.481 e. The number of aliphatic hydroxyl groups excluding tert-OH is 1. The zero-order valence-electron chi connectivity index (χ0n) is 7.85. The van der Waals surface area contributed by atoms with E-state index in [-0.39, 0.29) is 12.8 Å². The predicted molar refractivity (Wildman–Crippen MR) is 48.7 cm³/mol. The van der Waals surface area contributed by atoms with Crippen LogP contribution in [0.25, 0.3) is 0 Å². The van der Waals surface area contributed by atoms with Crippen LogP contribution < -0.4 is 0 Å². The first-order valence-corrected chi connectivity index (χ1v) is 4.57. The lowest BCUT2D eigenvalue weighted by molar-refractivity contribution is -0.153. The number of rotatable bonds is 2. The van der Waals surface area contributed by atoms with E-state index in [0.29, 0.717) is 5.56 Å². The summed E-state index contributed by atoms with van der Waals surface area (Å²) in [6.45, 7) is 0. The van der Waals surface area contributed by atoms with Crippen molar-refractivity contribution in [2.24, 2.45) is 0 Å². The van der Waals surface area contributed by atoms with Crippen molar-refractivity contribution in [3.05, 3.63) is 29.8 Å². The van der Waals surface area contributed by atoms with Crippen LogP contribution in [-0.2, 0) is 10.2 Å². The maximum atomic E-state index is 12.9. The predicted octanol–water partition coefficient (Wildman–Crippen LogP) is 0.698. The monoisotopic (exact) mass is 211 g/mol. The molecule has 0 amide bonds. The lowest BCUT2D eigenvalue weighted by atomic mass is 9.63. The highest BCUT2D eigenvalue weighted by atomic mass is 19.1. The summed E-state index contributed by atoms with van der Waals surface area (Å²) in [4.78, 5) is 14.7. The minimum atomic E-state index is -1.16. The van der Waals surface area contributed by atoms with Gasteiger partial charge in [0, 0.05) is 6.20 Å². The van der Waals surface area contributed by atoms with E-state index < -0.39 is 23.3 Å². The van der Waals surface area contributed by atoms with E-state index in [0.717, 1.165) is 12.3 Å². The van der Waals surface area contributed by atoms with Gasteiger partial charge in [-0.1, -0.05) is 0 Å². The van der Waals surface area contributed by atoms with Crippen LogP contribution in [0.1, 0.15) is 18.4 Å². The smallest absolute Gasteiger partial charge is 0.314 e. The molecule has 0 aliphatic heterocycles. The molecule has 5 heteroatoms. The number of pyridine rings is 1. The van der Waals surface area contributed by atoms with Gasteiger partial charge in [-0.05, 0) is 24.5 Å². The van der Waals surface area contributed by atoms with Crippen LogP contribution >= 0.6 is 0 Å². The summed E-state index contributed by atoms with van der Waals surface area (Å²) < 4.78 is 12.9. The highest BCUT2D eigenvalue weighted by Gasteiger charge is 2.51. The van der Waals surface area contributed by atoms with Gasteiger partial charge in [0.2, 0.25) is 0 Å². The third-order valence-electron chi connectivity index (χ3n) is 2.84. The number of halogens is 1. The van der Waals surface area contributed by atoms with E-state index in [4.69, 9.17) is 5.11 Å². The molecule has 15 heavy (non-hydrogen) atoms. The topological polar surface area (TPSA) is 70.4 Å². The van der Waals surface area contributed by atoms with Gasteiger partial charge >= 0.3 is 5.97 Å². The lowest BCUT2D eigenvalue weighted by Gasteiger charge is -2.41. The van der Waals surface area contributed by atoms with Crippen molar-refractivity contribution < 1.29 is 19.4 Å². The van der Waals surface area contributed by atoms with E-state index in [9.17, 15) is 14.3 Å². The zero-order valence-corrected chi connectivity index (χ0v) is 7.85. The third kappa shape index (κ3) is 1.48. The molecule has 2 N–H and O–H groups in total. The van der Waals surface area contributed by atoms with E-state index >= 15 is 0 Å². The Morgan fingerprint density at radius 2 is 2.20 bits per heavy atom. The molecule has 1 fully saturated rings. The number of aromatic nitrogens is 1. The first kappa shape index (κ1) is 10.0. The van der Waals surface area contributed by atoms with Gasteiger partial charge in [0.1, 0.15) is 5.82 Å². The maximum absolute atomic E-state index is 12.9. The van der Waals surface area contributed by atoms with Gasteiger partial charge in [-0.3, -0.25) is 9.78 Å². The molecular weight excluding hydrogens is 201 g/mol. The van der Waals surface area contributed by atoms with Crippen molar-refractivity contribution in [3.8, 4) is 0 Å². The molecule has 2 rings (SSSR count). The van der Waals surface area contributed by atoms with Crippen molar-refractivity contribution in [1.29, 1.82) is 0 Å². The number of carboxylic acid groups (broad SMARTS) is 1. The van der Waals surface area contributed by atoms with Crippen LogP contribution in [0.5, 0.6) is 0 Å². The van der Waals surface area contributed by atoms with Gasteiger partial charge in [0.15, 0.2) is 0 Å². The molecule has 0 radical (unpaired) electrons. The summed E-state index contributed by atoms with van der Waals surface area (Å²) in [6.07, 6.45) is 1.97. The highest BCUT2D eigenvalue weighted by molar-refractivity contribution is 5.82. The van der Waals surface area contributed by atoms with Crippen LogP contribution in [0.4, 0.5) is 4.39 Å². The van der Waals surface area contributed by atoms with Crippen molar-refractivity contribution >= 4 is 5.97 Å². The van der Waals surface area contributed by atoms with E-state index in [1.54, 1.807) is 0 Å². The molecule has 80 valence electrons. The quantitative estimate of drug-likeness (QED) is 0.755. The second-order valence-electron chi connectivity index (χ2n) is 3.84. The molecule has 0 spiro atoms.